The molecule has 0 saturated carbocycles. The van der Waals surface area contributed by atoms with E-state index in [1.165, 1.54) is 0 Å². The molecule has 0 spiro atoms. The summed E-state index contributed by atoms with van der Waals surface area (Å²) in [6.07, 6.45) is 1.76. The summed E-state index contributed by atoms with van der Waals surface area (Å²) in [6.45, 7) is 5.32. The topological polar surface area (TPSA) is 17.1 Å². The van der Waals surface area contributed by atoms with Crippen molar-refractivity contribution in [2.24, 2.45) is 0 Å². The summed E-state index contributed by atoms with van der Waals surface area (Å²) < 4.78 is 0. The summed E-state index contributed by atoms with van der Waals surface area (Å²) in [5.74, 6) is 0.247. The first kappa shape index (κ1) is 8.70. The molecule has 0 bridgehead atoms. The van der Waals surface area contributed by atoms with Gasteiger partial charge in [0.25, 0.3) is 0 Å². The summed E-state index contributed by atoms with van der Waals surface area (Å²) >= 11 is 5.43. The van der Waals surface area contributed by atoms with E-state index in [9.17, 15) is 4.79 Å². The Morgan fingerprint density at radius 2 is 2.11 bits per heavy atom. The Bertz CT molecular complexity index is 118. The van der Waals surface area contributed by atoms with E-state index in [-0.39, 0.29) is 5.78 Å². The molecule has 1 nitrogen and oxygen atoms in total. The number of hydrogen-bond donors (Lipinski definition) is 0. The molecule has 0 N–H and O–H groups in total. The molecule has 0 amide bonds. The Morgan fingerprint density at radius 3 is 2.44 bits per heavy atom. The summed E-state index contributed by atoms with van der Waals surface area (Å²) in [6, 6.07) is 0. The van der Waals surface area contributed by atoms with Gasteiger partial charge in [0.2, 0.25) is 0 Å². The van der Waals surface area contributed by atoms with Crippen LogP contribution in [0.2, 0.25) is 0 Å². The molecule has 0 aliphatic heterocycles. The Kier molecular flexibility index (Phi) is 4.41. The van der Waals surface area contributed by atoms with Crippen molar-refractivity contribution in [2.45, 2.75) is 26.2 Å². The summed E-state index contributed by atoms with van der Waals surface area (Å²) in [4.78, 5) is 10.6. The number of rotatable bonds is 4. The van der Waals surface area contributed by atoms with E-state index in [1.54, 1.807) is 0 Å². The van der Waals surface area contributed by atoms with Gasteiger partial charge in [-0.3, -0.25) is 4.79 Å². The van der Waals surface area contributed by atoms with Crippen molar-refractivity contribution in [1.82, 2.24) is 0 Å². The molecule has 2 heteroatoms. The Balaban J connectivity index is 3.28. The fourth-order valence-corrected chi connectivity index (χ4v) is 0.546. The van der Waals surface area contributed by atoms with Crippen LogP contribution < -0.4 is 0 Å². The van der Waals surface area contributed by atoms with E-state index in [4.69, 9.17) is 11.6 Å². The van der Waals surface area contributed by atoms with Crippen molar-refractivity contribution >= 4 is 17.4 Å². The lowest BCUT2D eigenvalue weighted by atomic mass is 10.2. The van der Waals surface area contributed by atoms with Crippen LogP contribution in [0.15, 0.2) is 11.6 Å². The monoisotopic (exact) mass is 146 g/mol. The van der Waals surface area contributed by atoms with Gasteiger partial charge >= 0.3 is 0 Å². The highest BCUT2D eigenvalue weighted by atomic mass is 35.5. The van der Waals surface area contributed by atoms with Crippen LogP contribution in [0.4, 0.5) is 0 Å². The Labute approximate surface area is 60.7 Å². The minimum absolute atomic E-state index is 0.247. The number of allylic oxidation sites excluding steroid dienone is 1. The second-order valence-electron chi connectivity index (χ2n) is 1.91. The highest BCUT2D eigenvalue weighted by Crippen LogP contribution is 2.07. The average Bonchev–Trinajstić information content (AvgIpc) is 1.83. The van der Waals surface area contributed by atoms with E-state index in [1.807, 2.05) is 6.92 Å². The van der Waals surface area contributed by atoms with E-state index in [0.29, 0.717) is 24.3 Å². The third kappa shape index (κ3) is 5.57. The molecule has 0 radical (unpaired) electrons. The molecular weight excluding hydrogens is 136 g/mol. The van der Waals surface area contributed by atoms with Gasteiger partial charge in [-0.05, 0) is 6.42 Å². The lowest BCUT2D eigenvalue weighted by Gasteiger charge is -1.93. The second-order valence-corrected chi connectivity index (χ2v) is 2.44. The van der Waals surface area contributed by atoms with Gasteiger partial charge in [0.05, 0.1) is 0 Å². The van der Waals surface area contributed by atoms with Crippen LogP contribution in [-0.2, 0) is 4.79 Å². The second kappa shape index (κ2) is 4.57. The zero-order valence-electron chi connectivity index (χ0n) is 5.61. The summed E-state index contributed by atoms with van der Waals surface area (Å²) in [5, 5.41) is 0.566. The third-order valence-electron chi connectivity index (χ3n) is 1.07. The lowest BCUT2D eigenvalue weighted by molar-refractivity contribution is -0.118. The van der Waals surface area contributed by atoms with E-state index < -0.39 is 0 Å². The van der Waals surface area contributed by atoms with Crippen molar-refractivity contribution in [1.29, 1.82) is 0 Å². The maximum absolute atomic E-state index is 10.6. The maximum atomic E-state index is 10.6. The lowest BCUT2D eigenvalue weighted by Crippen LogP contribution is -1.93. The van der Waals surface area contributed by atoms with Gasteiger partial charge in [-0.15, -0.1) is 0 Å². The van der Waals surface area contributed by atoms with Gasteiger partial charge in [0, 0.05) is 17.9 Å². The highest BCUT2D eigenvalue weighted by molar-refractivity contribution is 6.29. The molecule has 0 fully saturated rings. The molecule has 0 aliphatic rings. The van der Waals surface area contributed by atoms with Crippen LogP contribution in [0, 0.1) is 0 Å². The largest absolute Gasteiger partial charge is 0.300 e. The van der Waals surface area contributed by atoms with Gasteiger partial charge in [0.1, 0.15) is 5.78 Å². The smallest absolute Gasteiger partial charge is 0.132 e. The van der Waals surface area contributed by atoms with Gasteiger partial charge in [0.15, 0.2) is 0 Å². The third-order valence-corrected chi connectivity index (χ3v) is 1.26. The van der Waals surface area contributed by atoms with Crippen molar-refractivity contribution in [3.8, 4) is 0 Å². The van der Waals surface area contributed by atoms with Crippen molar-refractivity contribution in [3.63, 3.8) is 0 Å². The maximum Gasteiger partial charge on any atom is 0.132 e. The molecule has 0 heterocycles. The van der Waals surface area contributed by atoms with Gasteiger partial charge < -0.3 is 0 Å². The molecule has 0 atom stereocenters. The molecule has 0 aromatic carbocycles. The van der Waals surface area contributed by atoms with Gasteiger partial charge in [-0.25, -0.2) is 0 Å². The van der Waals surface area contributed by atoms with Crippen molar-refractivity contribution in [2.75, 3.05) is 0 Å². The molecule has 0 unspecified atom stereocenters. The van der Waals surface area contributed by atoms with Crippen LogP contribution in [0.1, 0.15) is 26.2 Å². The van der Waals surface area contributed by atoms with E-state index >= 15 is 0 Å². The number of hydrogen-bond acceptors (Lipinski definition) is 1. The van der Waals surface area contributed by atoms with Crippen molar-refractivity contribution < 1.29 is 4.79 Å². The Hall–Kier alpha value is -0.300. The van der Waals surface area contributed by atoms with Gasteiger partial charge in [-0.2, -0.15) is 0 Å². The predicted octanol–water partition coefficient (Wildman–Crippen LogP) is 2.50. The standard InChI is InChI=1S/C7H11ClO/c1-3-7(9)5-4-6(2)8/h2-5H2,1H3. The molecule has 52 valence electrons. The number of Topliss-reactive ketones (excluding diaryl/α,β-unsaturated/α-hetero) is 1. The quantitative estimate of drug-likeness (QED) is 0.596. The van der Waals surface area contributed by atoms with E-state index in [2.05, 4.69) is 6.58 Å². The molecule has 0 aliphatic carbocycles. The SMILES string of the molecule is C=C(Cl)CCC(=O)CC. The molecular formula is C7H11ClO. The molecule has 0 saturated heterocycles. The Morgan fingerprint density at radius 1 is 1.56 bits per heavy atom. The normalized spacial score (nSPS) is 9.11. The molecule has 0 aromatic heterocycles. The minimum atomic E-state index is 0.247. The first-order valence-corrected chi connectivity index (χ1v) is 3.39. The van der Waals surface area contributed by atoms with Crippen LogP contribution in [0.3, 0.4) is 0 Å². The molecule has 9 heavy (non-hydrogen) atoms. The first-order valence-electron chi connectivity index (χ1n) is 3.01. The summed E-state index contributed by atoms with van der Waals surface area (Å²) in [5.41, 5.74) is 0. The van der Waals surface area contributed by atoms with Crippen LogP contribution in [0.25, 0.3) is 0 Å². The zero-order valence-corrected chi connectivity index (χ0v) is 6.37. The molecule has 0 aromatic rings. The van der Waals surface area contributed by atoms with E-state index in [0.717, 1.165) is 0 Å². The van der Waals surface area contributed by atoms with Crippen LogP contribution in [-0.4, -0.2) is 5.78 Å². The fourth-order valence-electron chi connectivity index (χ4n) is 0.452. The number of halogens is 1. The zero-order chi connectivity index (χ0) is 7.28. The van der Waals surface area contributed by atoms with Crippen LogP contribution in [0.5, 0.6) is 0 Å². The average molecular weight is 147 g/mol. The minimum Gasteiger partial charge on any atom is -0.300 e. The number of ketones is 1. The molecule has 0 rings (SSSR count). The predicted molar refractivity (Wildman–Crippen MR) is 39.5 cm³/mol. The van der Waals surface area contributed by atoms with Crippen molar-refractivity contribution in [3.05, 3.63) is 11.6 Å². The van der Waals surface area contributed by atoms with Gasteiger partial charge in [-0.1, -0.05) is 25.1 Å². The fraction of sp³-hybridized carbons (Fsp3) is 0.571. The highest BCUT2D eigenvalue weighted by Gasteiger charge is 1.97. The summed E-state index contributed by atoms with van der Waals surface area (Å²) in [7, 11) is 0. The number of carbonyl (C=O) groups is 1. The number of carbonyl (C=O) groups excluding carboxylic acids is 1. The van der Waals surface area contributed by atoms with Crippen LogP contribution >= 0.6 is 11.6 Å². The first-order chi connectivity index (χ1) is 4.16.